The molecule has 0 radical (unpaired) electrons. The van der Waals surface area contributed by atoms with E-state index in [2.05, 4.69) is 15.0 Å². The Morgan fingerprint density at radius 2 is 1.94 bits per heavy atom. The smallest absolute Gasteiger partial charge is 0.159 e. The number of nitrogens with two attached hydrogens (primary N) is 1. The van der Waals surface area contributed by atoms with Crippen LogP contribution in [0.1, 0.15) is 24.5 Å². The summed E-state index contributed by atoms with van der Waals surface area (Å²) in [4.78, 5) is 12.8. The van der Waals surface area contributed by atoms with Gasteiger partial charge in [0.1, 0.15) is 0 Å². The highest BCUT2D eigenvalue weighted by molar-refractivity contribution is 5.57. The molecule has 2 N–H and O–H groups in total. The summed E-state index contributed by atoms with van der Waals surface area (Å²) in [6.07, 6.45) is 7.57. The monoisotopic (exact) mass is 212 g/mol. The Hall–Kier alpha value is -1.97. The lowest BCUT2D eigenvalue weighted by Gasteiger charge is -2.05. The molecule has 0 unspecified atom stereocenters. The fourth-order valence-corrected chi connectivity index (χ4v) is 1.73. The molecule has 2 aromatic rings. The van der Waals surface area contributed by atoms with E-state index in [1.54, 1.807) is 18.6 Å². The van der Waals surface area contributed by atoms with Crippen molar-refractivity contribution in [2.24, 2.45) is 0 Å². The second kappa shape index (κ2) is 3.56. The third kappa shape index (κ3) is 1.62. The predicted octanol–water partition coefficient (Wildman–Crippen LogP) is 2.00. The van der Waals surface area contributed by atoms with Crippen LogP contribution in [0.3, 0.4) is 0 Å². The number of pyridine rings is 1. The average Bonchev–Trinajstić information content (AvgIpc) is 3.15. The molecule has 80 valence electrons. The summed E-state index contributed by atoms with van der Waals surface area (Å²) in [5, 5.41) is 0. The molecule has 0 aromatic carbocycles. The van der Waals surface area contributed by atoms with Crippen LogP contribution >= 0.6 is 0 Å². The first-order valence-corrected chi connectivity index (χ1v) is 5.37. The van der Waals surface area contributed by atoms with Crippen molar-refractivity contribution < 1.29 is 0 Å². The van der Waals surface area contributed by atoms with Gasteiger partial charge >= 0.3 is 0 Å². The molecule has 2 heterocycles. The molecule has 0 spiro atoms. The first-order chi connectivity index (χ1) is 7.84. The fourth-order valence-electron chi connectivity index (χ4n) is 1.73. The molecule has 0 bridgehead atoms. The van der Waals surface area contributed by atoms with E-state index in [1.807, 2.05) is 12.1 Å². The highest BCUT2D eigenvalue weighted by Gasteiger charge is 2.27. The number of aromatic nitrogens is 3. The molecule has 1 aliphatic carbocycles. The Morgan fingerprint density at radius 3 is 2.62 bits per heavy atom. The summed E-state index contributed by atoms with van der Waals surface area (Å²) in [6, 6.07) is 3.81. The van der Waals surface area contributed by atoms with Crippen molar-refractivity contribution in [3.63, 3.8) is 0 Å². The molecule has 1 saturated carbocycles. The van der Waals surface area contributed by atoms with Gasteiger partial charge in [0.25, 0.3) is 0 Å². The van der Waals surface area contributed by atoms with Gasteiger partial charge in [0.2, 0.25) is 0 Å². The Kier molecular flexibility index (Phi) is 2.06. The quantitative estimate of drug-likeness (QED) is 0.826. The van der Waals surface area contributed by atoms with Gasteiger partial charge in [0.05, 0.1) is 17.6 Å². The fraction of sp³-hybridized carbons (Fsp3) is 0.250. The second-order valence-electron chi connectivity index (χ2n) is 4.04. The minimum atomic E-state index is 0.545. The van der Waals surface area contributed by atoms with Crippen LogP contribution in [0.4, 0.5) is 5.69 Å². The lowest BCUT2D eigenvalue weighted by Crippen LogP contribution is -2.00. The number of rotatable bonds is 2. The average molecular weight is 212 g/mol. The first kappa shape index (κ1) is 9.27. The van der Waals surface area contributed by atoms with E-state index in [4.69, 9.17) is 5.73 Å². The second-order valence-corrected chi connectivity index (χ2v) is 4.04. The first-order valence-electron chi connectivity index (χ1n) is 5.37. The summed E-state index contributed by atoms with van der Waals surface area (Å²) in [7, 11) is 0. The van der Waals surface area contributed by atoms with Crippen LogP contribution in [0.5, 0.6) is 0 Å². The Balaban J connectivity index is 2.05. The molecular formula is C12H12N4. The molecule has 0 aliphatic heterocycles. The van der Waals surface area contributed by atoms with Gasteiger partial charge in [0.15, 0.2) is 5.82 Å². The van der Waals surface area contributed by atoms with Gasteiger partial charge in [-0.2, -0.15) is 0 Å². The number of hydrogen-bond donors (Lipinski definition) is 1. The van der Waals surface area contributed by atoms with E-state index < -0.39 is 0 Å². The molecule has 16 heavy (non-hydrogen) atoms. The van der Waals surface area contributed by atoms with E-state index in [9.17, 15) is 0 Å². The molecule has 1 aliphatic rings. The highest BCUT2D eigenvalue weighted by atomic mass is 14.9. The zero-order valence-electron chi connectivity index (χ0n) is 8.80. The molecule has 0 amide bonds. The zero-order valence-corrected chi connectivity index (χ0v) is 8.80. The predicted molar refractivity (Wildman–Crippen MR) is 61.7 cm³/mol. The molecular weight excluding hydrogens is 200 g/mol. The summed E-state index contributed by atoms with van der Waals surface area (Å²) >= 11 is 0. The molecule has 0 atom stereocenters. The van der Waals surface area contributed by atoms with Crippen molar-refractivity contribution in [3.8, 4) is 11.4 Å². The van der Waals surface area contributed by atoms with Crippen LogP contribution in [0.25, 0.3) is 11.4 Å². The number of anilines is 1. The van der Waals surface area contributed by atoms with E-state index in [1.165, 1.54) is 12.8 Å². The minimum Gasteiger partial charge on any atom is -0.396 e. The van der Waals surface area contributed by atoms with Crippen LogP contribution in [-0.2, 0) is 0 Å². The molecule has 3 rings (SSSR count). The topological polar surface area (TPSA) is 64.7 Å². The Morgan fingerprint density at radius 1 is 1.19 bits per heavy atom. The number of hydrogen-bond acceptors (Lipinski definition) is 4. The lowest BCUT2D eigenvalue weighted by molar-refractivity contribution is 1.000. The molecule has 2 aromatic heterocycles. The van der Waals surface area contributed by atoms with Gasteiger partial charge in [0, 0.05) is 23.9 Å². The van der Waals surface area contributed by atoms with E-state index in [-0.39, 0.29) is 0 Å². The molecule has 4 heteroatoms. The van der Waals surface area contributed by atoms with Crippen molar-refractivity contribution in [2.45, 2.75) is 18.8 Å². The summed E-state index contributed by atoms with van der Waals surface area (Å²) in [6.45, 7) is 0. The van der Waals surface area contributed by atoms with E-state index in [0.717, 1.165) is 17.1 Å². The van der Waals surface area contributed by atoms with Crippen LogP contribution in [0, 0.1) is 0 Å². The van der Waals surface area contributed by atoms with Crippen molar-refractivity contribution >= 4 is 5.69 Å². The SMILES string of the molecule is Nc1cnc(-c2ccncc2)nc1C1CC1. The molecule has 0 saturated heterocycles. The van der Waals surface area contributed by atoms with Crippen molar-refractivity contribution in [1.29, 1.82) is 0 Å². The Bertz CT molecular complexity index is 506. The summed E-state index contributed by atoms with van der Waals surface area (Å²) < 4.78 is 0. The van der Waals surface area contributed by atoms with Gasteiger partial charge < -0.3 is 5.73 Å². The van der Waals surface area contributed by atoms with E-state index in [0.29, 0.717) is 11.6 Å². The van der Waals surface area contributed by atoms with Crippen molar-refractivity contribution in [2.75, 3.05) is 5.73 Å². The van der Waals surface area contributed by atoms with Gasteiger partial charge in [-0.15, -0.1) is 0 Å². The van der Waals surface area contributed by atoms with E-state index >= 15 is 0 Å². The third-order valence-corrected chi connectivity index (χ3v) is 2.75. The van der Waals surface area contributed by atoms with Gasteiger partial charge in [-0.25, -0.2) is 9.97 Å². The third-order valence-electron chi connectivity index (χ3n) is 2.75. The standard InChI is InChI=1S/C12H12N4/c13-10-7-15-12(9-3-5-14-6-4-9)16-11(10)8-1-2-8/h3-8H,1-2,13H2. The molecule has 4 nitrogen and oxygen atoms in total. The lowest BCUT2D eigenvalue weighted by atomic mass is 10.2. The summed E-state index contributed by atoms with van der Waals surface area (Å²) in [5.74, 6) is 1.28. The highest BCUT2D eigenvalue weighted by Crippen LogP contribution is 2.41. The van der Waals surface area contributed by atoms with Crippen LogP contribution in [0.15, 0.2) is 30.7 Å². The summed E-state index contributed by atoms with van der Waals surface area (Å²) in [5.41, 5.74) is 8.56. The zero-order chi connectivity index (χ0) is 11.0. The normalized spacial score (nSPS) is 15.0. The van der Waals surface area contributed by atoms with Crippen LogP contribution in [-0.4, -0.2) is 15.0 Å². The van der Waals surface area contributed by atoms with Gasteiger partial charge in [-0.05, 0) is 25.0 Å². The number of nitrogen functional groups attached to an aromatic ring is 1. The van der Waals surface area contributed by atoms with Crippen molar-refractivity contribution in [3.05, 3.63) is 36.4 Å². The number of nitrogens with zero attached hydrogens (tertiary/aromatic N) is 3. The maximum Gasteiger partial charge on any atom is 0.159 e. The molecule has 1 fully saturated rings. The largest absolute Gasteiger partial charge is 0.396 e. The van der Waals surface area contributed by atoms with Crippen LogP contribution < -0.4 is 5.73 Å². The minimum absolute atomic E-state index is 0.545. The Labute approximate surface area is 93.6 Å². The van der Waals surface area contributed by atoms with Gasteiger partial charge in [-0.1, -0.05) is 0 Å². The van der Waals surface area contributed by atoms with Crippen molar-refractivity contribution in [1.82, 2.24) is 15.0 Å². The van der Waals surface area contributed by atoms with Crippen LogP contribution in [0.2, 0.25) is 0 Å². The maximum absolute atomic E-state index is 5.87. The maximum atomic E-state index is 5.87. The van der Waals surface area contributed by atoms with Gasteiger partial charge in [-0.3, -0.25) is 4.98 Å².